The molecule has 0 heterocycles. The number of nitrogens with one attached hydrogen (secondary N) is 1. The Balaban J connectivity index is 2.15. The Labute approximate surface area is 113 Å². The Hall–Kier alpha value is -1.22. The minimum atomic E-state index is 0.0871. The van der Waals surface area contributed by atoms with E-state index in [0.29, 0.717) is 24.5 Å². The minimum absolute atomic E-state index is 0.0871. The van der Waals surface area contributed by atoms with Crippen LogP contribution in [-0.4, -0.2) is 18.6 Å². The number of hydrogen-bond donors (Lipinski definition) is 1. The predicted octanol–water partition coefficient (Wildman–Crippen LogP) is 3.41. The van der Waals surface area contributed by atoms with Gasteiger partial charge in [-0.1, -0.05) is 18.5 Å². The molecular weight excluding hydrogens is 250 g/mol. The van der Waals surface area contributed by atoms with Crippen LogP contribution in [0.1, 0.15) is 33.1 Å². The van der Waals surface area contributed by atoms with E-state index in [1.807, 2.05) is 19.1 Å². The zero-order valence-electron chi connectivity index (χ0n) is 10.9. The van der Waals surface area contributed by atoms with E-state index >= 15 is 0 Å². The highest BCUT2D eigenvalue weighted by Crippen LogP contribution is 2.15. The van der Waals surface area contributed by atoms with Crippen LogP contribution in [0.2, 0.25) is 5.02 Å². The van der Waals surface area contributed by atoms with Gasteiger partial charge in [-0.15, -0.1) is 0 Å². The molecule has 0 unspecified atom stereocenters. The lowest BCUT2D eigenvalue weighted by atomic mass is 10.2. The Kier molecular flexibility index (Phi) is 6.58. The molecule has 1 aromatic carbocycles. The fourth-order valence-corrected chi connectivity index (χ4v) is 1.53. The molecule has 0 fully saturated rings. The van der Waals surface area contributed by atoms with Crippen molar-refractivity contribution in [3.8, 4) is 5.75 Å². The van der Waals surface area contributed by atoms with Gasteiger partial charge in [0.2, 0.25) is 5.91 Å². The van der Waals surface area contributed by atoms with Crippen LogP contribution in [0.5, 0.6) is 5.75 Å². The van der Waals surface area contributed by atoms with Crippen LogP contribution in [-0.2, 0) is 4.79 Å². The van der Waals surface area contributed by atoms with Crippen LogP contribution in [0.25, 0.3) is 0 Å². The van der Waals surface area contributed by atoms with E-state index in [-0.39, 0.29) is 11.9 Å². The zero-order chi connectivity index (χ0) is 13.4. The molecule has 0 aliphatic carbocycles. The van der Waals surface area contributed by atoms with Gasteiger partial charge in [-0.3, -0.25) is 4.79 Å². The second kappa shape index (κ2) is 7.98. The van der Waals surface area contributed by atoms with E-state index in [2.05, 4.69) is 12.2 Å². The van der Waals surface area contributed by atoms with Gasteiger partial charge in [0.05, 0.1) is 6.61 Å². The van der Waals surface area contributed by atoms with Crippen molar-refractivity contribution in [1.29, 1.82) is 0 Å². The molecule has 0 aliphatic heterocycles. The van der Waals surface area contributed by atoms with E-state index in [4.69, 9.17) is 16.3 Å². The monoisotopic (exact) mass is 269 g/mol. The maximum atomic E-state index is 11.5. The first kappa shape index (κ1) is 14.8. The largest absolute Gasteiger partial charge is 0.494 e. The quantitative estimate of drug-likeness (QED) is 0.771. The third-order valence-corrected chi connectivity index (χ3v) is 2.90. The average Bonchev–Trinajstić information content (AvgIpc) is 2.36. The molecule has 0 aromatic heterocycles. The molecule has 4 heteroatoms. The summed E-state index contributed by atoms with van der Waals surface area (Å²) in [6.45, 7) is 4.59. The highest BCUT2D eigenvalue weighted by molar-refractivity contribution is 6.30. The second-order valence-corrected chi connectivity index (χ2v) is 4.72. The lowest BCUT2D eigenvalue weighted by molar-refractivity contribution is -0.121. The van der Waals surface area contributed by atoms with E-state index in [1.165, 1.54) is 0 Å². The molecule has 18 heavy (non-hydrogen) atoms. The van der Waals surface area contributed by atoms with Gasteiger partial charge in [-0.05, 0) is 44.0 Å². The topological polar surface area (TPSA) is 38.3 Å². The van der Waals surface area contributed by atoms with Gasteiger partial charge in [0, 0.05) is 17.5 Å². The van der Waals surface area contributed by atoms with Crippen molar-refractivity contribution in [2.75, 3.05) is 6.61 Å². The summed E-state index contributed by atoms with van der Waals surface area (Å²) in [5, 5.41) is 3.61. The molecule has 0 spiro atoms. The van der Waals surface area contributed by atoms with Crippen molar-refractivity contribution >= 4 is 17.5 Å². The molecule has 0 bridgehead atoms. The Morgan fingerprint density at radius 1 is 1.39 bits per heavy atom. The number of halogens is 1. The Morgan fingerprint density at radius 3 is 2.67 bits per heavy atom. The lowest BCUT2D eigenvalue weighted by Crippen LogP contribution is -2.31. The summed E-state index contributed by atoms with van der Waals surface area (Å²) in [6.07, 6.45) is 2.16. The first-order valence-corrected chi connectivity index (χ1v) is 6.67. The van der Waals surface area contributed by atoms with Crippen LogP contribution in [0.15, 0.2) is 24.3 Å². The molecule has 0 radical (unpaired) electrons. The van der Waals surface area contributed by atoms with Crippen LogP contribution in [0, 0.1) is 0 Å². The molecule has 1 aromatic rings. The third-order valence-electron chi connectivity index (χ3n) is 2.65. The summed E-state index contributed by atoms with van der Waals surface area (Å²) in [4.78, 5) is 11.5. The zero-order valence-corrected chi connectivity index (χ0v) is 11.7. The number of hydrogen-bond acceptors (Lipinski definition) is 2. The molecular formula is C14H20ClNO2. The van der Waals surface area contributed by atoms with Gasteiger partial charge >= 0.3 is 0 Å². The summed E-state index contributed by atoms with van der Waals surface area (Å²) in [5.41, 5.74) is 0. The van der Waals surface area contributed by atoms with Gasteiger partial charge in [0.25, 0.3) is 0 Å². The number of amides is 1. The summed E-state index contributed by atoms with van der Waals surface area (Å²) in [6, 6.07) is 7.46. The van der Waals surface area contributed by atoms with Crippen LogP contribution in [0.3, 0.4) is 0 Å². The minimum Gasteiger partial charge on any atom is -0.494 e. The van der Waals surface area contributed by atoms with Gasteiger partial charge in [-0.2, -0.15) is 0 Å². The molecule has 1 amide bonds. The SMILES string of the molecule is CC[C@H](C)NC(=O)CCCOc1ccc(Cl)cc1. The highest BCUT2D eigenvalue weighted by Gasteiger charge is 2.04. The highest BCUT2D eigenvalue weighted by atomic mass is 35.5. The van der Waals surface area contributed by atoms with E-state index in [9.17, 15) is 4.79 Å². The molecule has 0 saturated heterocycles. The van der Waals surface area contributed by atoms with Gasteiger partial charge in [0.15, 0.2) is 0 Å². The van der Waals surface area contributed by atoms with Crippen molar-refractivity contribution in [3.63, 3.8) is 0 Å². The van der Waals surface area contributed by atoms with Crippen molar-refractivity contribution < 1.29 is 9.53 Å². The molecule has 1 rings (SSSR count). The second-order valence-electron chi connectivity index (χ2n) is 4.28. The van der Waals surface area contributed by atoms with Crippen LogP contribution < -0.4 is 10.1 Å². The van der Waals surface area contributed by atoms with Crippen molar-refractivity contribution in [2.45, 2.75) is 39.2 Å². The number of rotatable bonds is 7. The maximum absolute atomic E-state index is 11.5. The van der Waals surface area contributed by atoms with Crippen LogP contribution in [0.4, 0.5) is 0 Å². The van der Waals surface area contributed by atoms with Crippen molar-refractivity contribution in [1.82, 2.24) is 5.32 Å². The number of carbonyl (C=O) groups excluding carboxylic acids is 1. The Bertz CT molecular complexity index is 365. The maximum Gasteiger partial charge on any atom is 0.220 e. The fourth-order valence-electron chi connectivity index (χ4n) is 1.40. The molecule has 100 valence electrons. The fraction of sp³-hybridized carbons (Fsp3) is 0.500. The first-order chi connectivity index (χ1) is 8.61. The smallest absolute Gasteiger partial charge is 0.220 e. The molecule has 1 N–H and O–H groups in total. The molecule has 0 aliphatic rings. The van der Waals surface area contributed by atoms with E-state index in [1.54, 1.807) is 12.1 Å². The lowest BCUT2D eigenvalue weighted by Gasteiger charge is -2.11. The molecule has 3 nitrogen and oxygen atoms in total. The van der Waals surface area contributed by atoms with Gasteiger partial charge in [0.1, 0.15) is 5.75 Å². The third kappa shape index (κ3) is 5.92. The van der Waals surface area contributed by atoms with Gasteiger partial charge < -0.3 is 10.1 Å². The summed E-state index contributed by atoms with van der Waals surface area (Å²) < 4.78 is 5.50. The van der Waals surface area contributed by atoms with Crippen LogP contribution >= 0.6 is 11.6 Å². The van der Waals surface area contributed by atoms with Gasteiger partial charge in [-0.25, -0.2) is 0 Å². The van der Waals surface area contributed by atoms with E-state index in [0.717, 1.165) is 12.2 Å². The molecule has 0 saturated carbocycles. The van der Waals surface area contributed by atoms with Crippen molar-refractivity contribution in [2.24, 2.45) is 0 Å². The molecule has 1 atom stereocenters. The Morgan fingerprint density at radius 2 is 2.06 bits per heavy atom. The van der Waals surface area contributed by atoms with E-state index < -0.39 is 0 Å². The normalized spacial score (nSPS) is 11.9. The average molecular weight is 270 g/mol. The summed E-state index contributed by atoms with van der Waals surface area (Å²) in [5.74, 6) is 0.866. The number of benzene rings is 1. The number of ether oxygens (including phenoxy) is 1. The summed E-state index contributed by atoms with van der Waals surface area (Å²) in [7, 11) is 0. The standard InChI is InChI=1S/C14H20ClNO2/c1-3-11(2)16-14(17)5-4-10-18-13-8-6-12(15)7-9-13/h6-9,11H,3-5,10H2,1-2H3,(H,16,17)/t11-/m0/s1. The number of carbonyl (C=O) groups is 1. The van der Waals surface area contributed by atoms with Crippen molar-refractivity contribution in [3.05, 3.63) is 29.3 Å². The predicted molar refractivity (Wildman–Crippen MR) is 74.1 cm³/mol. The summed E-state index contributed by atoms with van der Waals surface area (Å²) >= 11 is 5.77. The first-order valence-electron chi connectivity index (χ1n) is 6.29.